The van der Waals surface area contributed by atoms with E-state index in [1.165, 1.54) is 68.2 Å². The number of furan rings is 1. The molecule has 0 unspecified atom stereocenters. The van der Waals surface area contributed by atoms with Crippen molar-refractivity contribution in [2.45, 2.75) is 0 Å². The molecule has 13 aromatic rings. The molecule has 0 aliphatic heterocycles. The fourth-order valence-electron chi connectivity index (χ4n) is 9.42. The SMILES string of the molecule is c1cc(-c2cccc(-c3cccc4c3sc3ccccc34)c2)cc(-c2cccc3c2oc2c(-c4cccc(-c5cccc(-c6cccc7c6sc6ccccc67)c5)c4)ncnc23)c1. The molecule has 3 nitrogen and oxygen atoms in total. The Morgan fingerprint density at radius 2 is 0.730 bits per heavy atom. The Bertz CT molecular complexity index is 3690. The van der Waals surface area contributed by atoms with Crippen molar-refractivity contribution in [2.75, 3.05) is 0 Å². The first kappa shape index (κ1) is 36.0. The molecular formula is C58H34N2OS2. The Morgan fingerprint density at radius 1 is 0.317 bits per heavy atom. The molecule has 9 aromatic carbocycles. The normalized spacial score (nSPS) is 11.8. The van der Waals surface area contributed by atoms with E-state index < -0.39 is 0 Å². The second-order valence-corrected chi connectivity index (χ2v) is 18.2. The Balaban J connectivity index is 0.863. The van der Waals surface area contributed by atoms with Gasteiger partial charge in [0.2, 0.25) is 0 Å². The first-order valence-corrected chi connectivity index (χ1v) is 22.7. The van der Waals surface area contributed by atoms with Gasteiger partial charge in [-0.15, -0.1) is 22.7 Å². The number of rotatable bonds is 6. The number of nitrogens with zero attached hydrogens (tertiary/aromatic N) is 2. The van der Waals surface area contributed by atoms with Crippen molar-refractivity contribution in [3.8, 4) is 66.9 Å². The summed E-state index contributed by atoms with van der Waals surface area (Å²) in [6.07, 6.45) is 1.66. The number of aromatic nitrogens is 2. The lowest BCUT2D eigenvalue weighted by molar-refractivity contribution is 0.668. The third-order valence-electron chi connectivity index (χ3n) is 12.4. The molecule has 0 atom stereocenters. The van der Waals surface area contributed by atoms with Gasteiger partial charge in [-0.3, -0.25) is 0 Å². The molecule has 13 rings (SSSR count). The minimum absolute atomic E-state index is 0.682. The maximum absolute atomic E-state index is 6.88. The molecule has 0 amide bonds. The van der Waals surface area contributed by atoms with Crippen LogP contribution < -0.4 is 0 Å². The molecule has 0 N–H and O–H groups in total. The molecule has 294 valence electrons. The standard InChI is InChI=1S/C58H34N2OS2/c1-3-28-51-46(20-1)48-25-10-23-44(57(48)62-51)40-17-6-13-36(31-40)35-12-5-16-39(30-35)43-22-9-27-50-54-56(61-55(43)50)53(59-34-60-54)42-19-8-15-38(33-42)37-14-7-18-41(32-37)45-24-11-26-49-47-21-2-4-29-52(47)63-58(45)49/h1-34H. The van der Waals surface area contributed by atoms with E-state index in [0.717, 1.165) is 55.6 Å². The summed E-state index contributed by atoms with van der Waals surface area (Å²) in [7, 11) is 0. The lowest BCUT2D eigenvalue weighted by atomic mass is 9.95. The Labute approximate surface area is 370 Å². The van der Waals surface area contributed by atoms with Crippen LogP contribution in [-0.2, 0) is 0 Å². The maximum Gasteiger partial charge on any atom is 0.180 e. The first-order valence-electron chi connectivity index (χ1n) is 21.1. The third kappa shape index (κ3) is 5.93. The summed E-state index contributed by atoms with van der Waals surface area (Å²) in [6.45, 7) is 0. The highest BCUT2D eigenvalue weighted by Gasteiger charge is 2.19. The summed E-state index contributed by atoms with van der Waals surface area (Å²) in [5, 5.41) is 6.20. The van der Waals surface area contributed by atoms with Crippen molar-refractivity contribution >= 4 is 85.1 Å². The van der Waals surface area contributed by atoms with Gasteiger partial charge in [-0.25, -0.2) is 9.97 Å². The number of hydrogen-bond acceptors (Lipinski definition) is 5. The topological polar surface area (TPSA) is 38.9 Å². The van der Waals surface area contributed by atoms with Crippen LogP contribution in [0.3, 0.4) is 0 Å². The predicted molar refractivity (Wildman–Crippen MR) is 268 cm³/mol. The number of para-hydroxylation sites is 1. The van der Waals surface area contributed by atoms with Gasteiger partial charge in [0.15, 0.2) is 5.58 Å². The van der Waals surface area contributed by atoms with Crippen LogP contribution in [0.4, 0.5) is 0 Å². The maximum atomic E-state index is 6.88. The van der Waals surface area contributed by atoms with Gasteiger partial charge in [0, 0.05) is 56.9 Å². The highest BCUT2D eigenvalue weighted by molar-refractivity contribution is 7.26. The van der Waals surface area contributed by atoms with Crippen molar-refractivity contribution in [1.29, 1.82) is 0 Å². The minimum atomic E-state index is 0.682. The lowest BCUT2D eigenvalue weighted by Gasteiger charge is -2.10. The number of hydrogen-bond donors (Lipinski definition) is 0. The molecule has 4 aromatic heterocycles. The van der Waals surface area contributed by atoms with Crippen molar-refractivity contribution in [3.63, 3.8) is 0 Å². The van der Waals surface area contributed by atoms with Crippen LogP contribution in [0.5, 0.6) is 0 Å². The fourth-order valence-corrected chi connectivity index (χ4v) is 11.9. The van der Waals surface area contributed by atoms with Crippen LogP contribution in [0.2, 0.25) is 0 Å². The lowest BCUT2D eigenvalue weighted by Crippen LogP contribution is -1.88. The highest BCUT2D eigenvalue weighted by Crippen LogP contribution is 2.44. The van der Waals surface area contributed by atoms with Gasteiger partial charge in [0.1, 0.15) is 23.1 Å². The second-order valence-electron chi connectivity index (χ2n) is 16.1. The largest absolute Gasteiger partial charge is 0.451 e. The zero-order valence-electron chi connectivity index (χ0n) is 33.7. The van der Waals surface area contributed by atoms with Crippen LogP contribution in [0.25, 0.3) is 129 Å². The van der Waals surface area contributed by atoms with Crippen molar-refractivity contribution in [2.24, 2.45) is 0 Å². The van der Waals surface area contributed by atoms with E-state index in [-0.39, 0.29) is 0 Å². The molecule has 0 saturated carbocycles. The summed E-state index contributed by atoms with van der Waals surface area (Å²) in [5.74, 6) is 0. The second kappa shape index (κ2) is 14.5. The summed E-state index contributed by atoms with van der Waals surface area (Å²) in [6, 6.07) is 72.2. The number of fused-ring (bicyclic) bond motifs is 9. The predicted octanol–water partition coefficient (Wildman–Crippen LogP) is 17.1. The smallest absolute Gasteiger partial charge is 0.180 e. The molecule has 4 heterocycles. The number of benzene rings is 9. The van der Waals surface area contributed by atoms with Crippen LogP contribution in [0, 0.1) is 0 Å². The highest BCUT2D eigenvalue weighted by atomic mass is 32.1. The van der Waals surface area contributed by atoms with Crippen LogP contribution in [-0.4, -0.2) is 9.97 Å². The van der Waals surface area contributed by atoms with Crippen molar-refractivity contribution < 1.29 is 4.42 Å². The van der Waals surface area contributed by atoms with Gasteiger partial charge in [-0.2, -0.15) is 0 Å². The summed E-state index contributed by atoms with van der Waals surface area (Å²) in [4.78, 5) is 9.64. The molecule has 0 radical (unpaired) electrons. The fraction of sp³-hybridized carbons (Fsp3) is 0. The van der Waals surface area contributed by atoms with E-state index in [1.54, 1.807) is 6.33 Å². The Hall–Kier alpha value is -7.70. The van der Waals surface area contributed by atoms with Gasteiger partial charge in [-0.1, -0.05) is 158 Å². The van der Waals surface area contributed by atoms with E-state index in [1.807, 2.05) is 22.7 Å². The minimum Gasteiger partial charge on any atom is -0.451 e. The molecule has 0 aliphatic rings. The van der Waals surface area contributed by atoms with Gasteiger partial charge >= 0.3 is 0 Å². The zero-order valence-corrected chi connectivity index (χ0v) is 35.4. The quantitative estimate of drug-likeness (QED) is 0.167. The van der Waals surface area contributed by atoms with E-state index in [4.69, 9.17) is 14.4 Å². The summed E-state index contributed by atoms with van der Waals surface area (Å²) < 4.78 is 12.1. The van der Waals surface area contributed by atoms with E-state index in [2.05, 4.69) is 200 Å². The van der Waals surface area contributed by atoms with E-state index in [0.29, 0.717) is 5.58 Å². The molecule has 0 saturated heterocycles. The van der Waals surface area contributed by atoms with Crippen molar-refractivity contribution in [1.82, 2.24) is 9.97 Å². The molecule has 5 heteroatoms. The van der Waals surface area contributed by atoms with Gasteiger partial charge < -0.3 is 4.42 Å². The van der Waals surface area contributed by atoms with Gasteiger partial charge in [0.05, 0.1) is 0 Å². The zero-order chi connectivity index (χ0) is 41.4. The van der Waals surface area contributed by atoms with E-state index >= 15 is 0 Å². The first-order chi connectivity index (χ1) is 31.2. The monoisotopic (exact) mass is 838 g/mol. The molecule has 0 aliphatic carbocycles. The average molecular weight is 839 g/mol. The molecule has 0 spiro atoms. The average Bonchev–Trinajstić information content (AvgIpc) is 4.06. The summed E-state index contributed by atoms with van der Waals surface area (Å²) >= 11 is 3.73. The van der Waals surface area contributed by atoms with Gasteiger partial charge in [0.25, 0.3) is 0 Å². The number of thiophene rings is 2. The van der Waals surface area contributed by atoms with E-state index in [9.17, 15) is 0 Å². The summed E-state index contributed by atoms with van der Waals surface area (Å²) in [5.41, 5.74) is 15.6. The Morgan fingerprint density at radius 3 is 1.29 bits per heavy atom. The Kier molecular flexibility index (Phi) is 8.26. The molecule has 0 fully saturated rings. The molecule has 63 heavy (non-hydrogen) atoms. The van der Waals surface area contributed by atoms with Crippen molar-refractivity contribution in [3.05, 3.63) is 207 Å². The van der Waals surface area contributed by atoms with Gasteiger partial charge in [-0.05, 0) is 92.5 Å². The molecular weight excluding hydrogens is 805 g/mol. The third-order valence-corrected chi connectivity index (χ3v) is 14.8. The molecule has 0 bridgehead atoms. The van der Waals surface area contributed by atoms with Crippen LogP contribution in [0.15, 0.2) is 211 Å². The van der Waals surface area contributed by atoms with Crippen LogP contribution in [0.1, 0.15) is 0 Å². The van der Waals surface area contributed by atoms with Crippen LogP contribution >= 0.6 is 22.7 Å².